The van der Waals surface area contributed by atoms with E-state index in [1.807, 2.05) is 0 Å². The van der Waals surface area contributed by atoms with Gasteiger partial charge in [0.05, 0.1) is 11.4 Å². The average molecular weight is 471 g/mol. The molecule has 0 aliphatic carbocycles. The highest BCUT2D eigenvalue weighted by Crippen LogP contribution is 2.18. The molecule has 168 valence electrons. The number of piperazine rings is 1. The van der Waals surface area contributed by atoms with Gasteiger partial charge in [-0.25, -0.2) is 8.42 Å². The van der Waals surface area contributed by atoms with Crippen LogP contribution < -0.4 is 0 Å². The van der Waals surface area contributed by atoms with Gasteiger partial charge < -0.3 is 9.80 Å². The molecule has 3 rings (SSSR count). The summed E-state index contributed by atoms with van der Waals surface area (Å²) in [6, 6.07) is 5.67. The third-order valence-electron chi connectivity index (χ3n) is 5.31. The van der Waals surface area contributed by atoms with E-state index in [-0.39, 0.29) is 80.6 Å². The Labute approximate surface area is 185 Å². The van der Waals surface area contributed by atoms with Crippen LogP contribution >= 0.6 is 11.6 Å². The normalized spacial score (nSPS) is 17.6. The van der Waals surface area contributed by atoms with Gasteiger partial charge in [-0.1, -0.05) is 11.6 Å². The van der Waals surface area contributed by atoms with Crippen LogP contribution in [0.4, 0.5) is 0 Å². The molecule has 0 bridgehead atoms. The zero-order valence-electron chi connectivity index (χ0n) is 17.0. The van der Waals surface area contributed by atoms with Gasteiger partial charge in [-0.15, -0.1) is 0 Å². The molecule has 2 heterocycles. The molecule has 31 heavy (non-hydrogen) atoms. The van der Waals surface area contributed by atoms with Crippen molar-refractivity contribution in [2.24, 2.45) is 0 Å². The zero-order valence-corrected chi connectivity index (χ0v) is 18.6. The Morgan fingerprint density at radius 2 is 1.42 bits per heavy atom. The van der Waals surface area contributed by atoms with Crippen molar-refractivity contribution in [3.63, 3.8) is 0 Å². The van der Waals surface area contributed by atoms with E-state index in [4.69, 9.17) is 11.6 Å². The van der Waals surface area contributed by atoms with Crippen molar-refractivity contribution in [3.05, 3.63) is 29.3 Å². The number of sulfonamides is 1. The van der Waals surface area contributed by atoms with Crippen LogP contribution in [0.25, 0.3) is 0 Å². The number of carbonyl (C=O) groups is 4. The lowest BCUT2D eigenvalue weighted by molar-refractivity contribution is -0.147. The number of carbonyl (C=O) groups excluding carboxylic acids is 4. The maximum absolute atomic E-state index is 12.6. The first-order valence-electron chi connectivity index (χ1n) is 9.70. The fraction of sp³-hybridized carbons (Fsp3) is 0.474. The molecule has 2 saturated heterocycles. The van der Waals surface area contributed by atoms with Crippen molar-refractivity contribution in [2.75, 3.05) is 46.3 Å². The largest absolute Gasteiger partial charge is 0.338 e. The Balaban J connectivity index is 1.51. The summed E-state index contributed by atoms with van der Waals surface area (Å²) in [4.78, 5) is 52.3. The van der Waals surface area contributed by atoms with Gasteiger partial charge in [0.15, 0.2) is 0 Å². The predicted octanol–water partition coefficient (Wildman–Crippen LogP) is -0.220. The second kappa shape index (κ2) is 9.33. The Hall–Kier alpha value is -2.50. The first-order chi connectivity index (χ1) is 14.6. The Morgan fingerprint density at radius 3 is 1.94 bits per heavy atom. The van der Waals surface area contributed by atoms with E-state index in [2.05, 4.69) is 0 Å². The summed E-state index contributed by atoms with van der Waals surface area (Å²) in [7, 11) is -2.52. The summed E-state index contributed by atoms with van der Waals surface area (Å²) in [6.45, 7) is 0.342. The second-order valence-electron chi connectivity index (χ2n) is 7.35. The lowest BCUT2D eigenvalue weighted by atomic mass is 10.3. The van der Waals surface area contributed by atoms with Crippen LogP contribution in [0.5, 0.6) is 0 Å². The summed E-state index contributed by atoms with van der Waals surface area (Å²) in [6.07, 6.45) is 0.252. The zero-order chi connectivity index (χ0) is 22.8. The van der Waals surface area contributed by atoms with E-state index in [1.165, 1.54) is 41.1 Å². The molecule has 2 fully saturated rings. The molecule has 1 aromatic carbocycles. The van der Waals surface area contributed by atoms with Crippen LogP contribution in [0.3, 0.4) is 0 Å². The Morgan fingerprint density at radius 1 is 0.935 bits per heavy atom. The van der Waals surface area contributed by atoms with E-state index in [1.54, 1.807) is 0 Å². The quantitative estimate of drug-likeness (QED) is 0.531. The minimum absolute atomic E-state index is 0.0358. The maximum Gasteiger partial charge on any atom is 0.243 e. The smallest absolute Gasteiger partial charge is 0.243 e. The molecule has 2 aliphatic heterocycles. The highest BCUT2D eigenvalue weighted by atomic mass is 35.5. The van der Waals surface area contributed by atoms with Gasteiger partial charge in [-0.05, 0) is 24.3 Å². The first-order valence-corrected chi connectivity index (χ1v) is 11.5. The second-order valence-corrected chi connectivity index (χ2v) is 9.83. The molecule has 0 aromatic heterocycles. The summed E-state index contributed by atoms with van der Waals surface area (Å²) < 4.78 is 26.2. The van der Waals surface area contributed by atoms with Crippen LogP contribution in [0, 0.1) is 0 Å². The molecule has 0 radical (unpaired) electrons. The van der Waals surface area contributed by atoms with Crippen LogP contribution in [0.15, 0.2) is 29.2 Å². The van der Waals surface area contributed by atoms with Crippen LogP contribution in [0.2, 0.25) is 5.02 Å². The van der Waals surface area contributed by atoms with Crippen molar-refractivity contribution in [2.45, 2.75) is 17.7 Å². The number of benzene rings is 1. The molecule has 0 atom stereocenters. The van der Waals surface area contributed by atoms with E-state index in [9.17, 15) is 27.6 Å². The Kier molecular flexibility index (Phi) is 6.97. The summed E-state index contributed by atoms with van der Waals surface area (Å²) in [5.41, 5.74) is 0. The molecular formula is C19H23ClN4O6S. The maximum atomic E-state index is 12.6. The van der Waals surface area contributed by atoms with Crippen LogP contribution in [-0.4, -0.2) is 97.4 Å². The summed E-state index contributed by atoms with van der Waals surface area (Å²) >= 11 is 5.79. The van der Waals surface area contributed by atoms with Gasteiger partial charge in [0.1, 0.15) is 6.54 Å². The van der Waals surface area contributed by atoms with Crippen LogP contribution in [0.1, 0.15) is 12.8 Å². The van der Waals surface area contributed by atoms with Gasteiger partial charge in [0.25, 0.3) is 0 Å². The number of amides is 4. The molecule has 1 aromatic rings. The summed E-state index contributed by atoms with van der Waals surface area (Å²) in [5, 5.41) is 0.406. The highest BCUT2D eigenvalue weighted by molar-refractivity contribution is 7.89. The van der Waals surface area contributed by atoms with E-state index in [0.29, 0.717) is 5.02 Å². The predicted molar refractivity (Wildman–Crippen MR) is 110 cm³/mol. The number of likely N-dealkylation sites (tertiary alicyclic amines) is 1. The van der Waals surface area contributed by atoms with Crippen molar-refractivity contribution in [1.82, 2.24) is 19.0 Å². The van der Waals surface area contributed by atoms with Gasteiger partial charge >= 0.3 is 0 Å². The fourth-order valence-electron chi connectivity index (χ4n) is 3.40. The number of halogens is 1. The number of imide groups is 1. The molecular weight excluding hydrogens is 448 g/mol. The van der Waals surface area contributed by atoms with Gasteiger partial charge in [-0.2, -0.15) is 4.31 Å². The van der Waals surface area contributed by atoms with Gasteiger partial charge in [0.2, 0.25) is 33.7 Å². The molecule has 2 aliphatic rings. The van der Waals surface area contributed by atoms with Crippen LogP contribution in [-0.2, 0) is 29.2 Å². The van der Waals surface area contributed by atoms with Crippen molar-refractivity contribution in [3.8, 4) is 0 Å². The van der Waals surface area contributed by atoms with Crippen molar-refractivity contribution in [1.29, 1.82) is 0 Å². The number of nitrogens with zero attached hydrogens (tertiary/aromatic N) is 4. The average Bonchev–Trinajstić information content (AvgIpc) is 3.06. The minimum Gasteiger partial charge on any atom is -0.338 e. The molecule has 12 heteroatoms. The van der Waals surface area contributed by atoms with Gasteiger partial charge in [0, 0.05) is 51.1 Å². The van der Waals surface area contributed by atoms with E-state index in [0.717, 1.165) is 9.21 Å². The topological polar surface area (TPSA) is 115 Å². The lowest BCUT2D eigenvalue weighted by Crippen LogP contribution is -2.54. The first kappa shape index (κ1) is 23.2. The standard InChI is InChI=1S/C19H23ClN4O6S/c1-21(31(29,30)15-4-2-14(20)3-5-15)12-18(27)22-8-10-23(11-9-22)19(28)13-24-16(25)6-7-17(24)26/h2-5H,6-13H2,1H3. The number of likely N-dealkylation sites (N-methyl/N-ethyl adjacent to an activating group) is 1. The number of hydrogen-bond donors (Lipinski definition) is 0. The molecule has 0 N–H and O–H groups in total. The third kappa shape index (κ3) is 5.23. The van der Waals surface area contributed by atoms with Gasteiger partial charge in [-0.3, -0.25) is 24.1 Å². The number of rotatable bonds is 6. The Bertz CT molecular complexity index is 973. The third-order valence-corrected chi connectivity index (χ3v) is 7.38. The van der Waals surface area contributed by atoms with Crippen molar-refractivity contribution < 1.29 is 27.6 Å². The van der Waals surface area contributed by atoms with E-state index < -0.39 is 10.0 Å². The highest BCUT2D eigenvalue weighted by Gasteiger charge is 2.33. The van der Waals surface area contributed by atoms with E-state index >= 15 is 0 Å². The molecule has 0 saturated carbocycles. The van der Waals surface area contributed by atoms with Crippen molar-refractivity contribution >= 4 is 45.3 Å². The monoisotopic (exact) mass is 470 g/mol. The molecule has 10 nitrogen and oxygen atoms in total. The molecule has 0 spiro atoms. The SMILES string of the molecule is CN(CC(=O)N1CCN(C(=O)CN2C(=O)CCC2=O)CC1)S(=O)(=O)c1ccc(Cl)cc1. The summed E-state index contributed by atoms with van der Waals surface area (Å²) in [5.74, 6) is -1.43. The molecule has 4 amide bonds. The lowest BCUT2D eigenvalue weighted by Gasteiger charge is -2.35. The fourth-order valence-corrected chi connectivity index (χ4v) is 4.65. The minimum atomic E-state index is -3.84. The molecule has 0 unspecified atom stereocenters. The number of hydrogen-bond acceptors (Lipinski definition) is 6.